The van der Waals surface area contributed by atoms with Crippen LogP contribution in [0.1, 0.15) is 50.2 Å². The summed E-state index contributed by atoms with van der Waals surface area (Å²) in [5.41, 5.74) is -1.08. The first-order chi connectivity index (χ1) is 18.6. The van der Waals surface area contributed by atoms with E-state index in [-0.39, 0.29) is 51.1 Å². The number of pyridine rings is 1. The van der Waals surface area contributed by atoms with Crippen LogP contribution in [0.15, 0.2) is 56.9 Å². The number of rotatable bonds is 4. The first-order valence-corrected chi connectivity index (χ1v) is 14.0. The molecule has 0 saturated heterocycles. The molecule has 1 saturated carbocycles. The third-order valence-electron chi connectivity index (χ3n) is 6.35. The van der Waals surface area contributed by atoms with E-state index < -0.39 is 40.4 Å². The van der Waals surface area contributed by atoms with Crippen LogP contribution in [0.5, 0.6) is 0 Å². The number of nitrogens with one attached hydrogen (secondary N) is 1. The fraction of sp³-hybridized carbons (Fsp3) is 0.400. The van der Waals surface area contributed by atoms with E-state index in [1.807, 2.05) is 0 Å². The topological polar surface area (TPSA) is 117 Å². The zero-order chi connectivity index (χ0) is 29.2. The van der Waals surface area contributed by atoms with Gasteiger partial charge in [-0.05, 0) is 74.2 Å². The second-order valence-corrected chi connectivity index (χ2v) is 12.7. The molecule has 0 spiro atoms. The predicted molar refractivity (Wildman–Crippen MR) is 149 cm³/mol. The monoisotopic (exact) mass is 599 g/mol. The molecule has 1 aromatic carbocycles. The SMILES string of the molecule is [2H]C([2H])([2H])n1c(=O)n([C@@H]2CC[C@@H](NC(=O)OC(C)(C)C)C2)c2c3cc(Br)n(S(=O)(=O)c4ccccc4)c3ncc21.[Li]. The summed E-state index contributed by atoms with van der Waals surface area (Å²) in [5, 5.41) is 3.13. The number of benzene rings is 1. The molecule has 1 N–H and O–H groups in total. The summed E-state index contributed by atoms with van der Waals surface area (Å²) in [6.45, 7) is 2.47. The molecule has 5 rings (SSSR count). The number of aromatic nitrogens is 4. The molecule has 38 heavy (non-hydrogen) atoms. The minimum Gasteiger partial charge on any atom is -0.444 e. The number of carbonyl (C=O) groups excluding carboxylic acids is 1. The van der Waals surface area contributed by atoms with Crippen molar-refractivity contribution < 1.29 is 22.1 Å². The van der Waals surface area contributed by atoms with Crippen LogP contribution in [0.2, 0.25) is 0 Å². The summed E-state index contributed by atoms with van der Waals surface area (Å²) >= 11 is 3.34. The number of carbonyl (C=O) groups is 1. The van der Waals surface area contributed by atoms with Gasteiger partial charge in [0.15, 0.2) is 5.65 Å². The van der Waals surface area contributed by atoms with Crippen molar-refractivity contribution >= 4 is 73.0 Å². The van der Waals surface area contributed by atoms with E-state index in [0.29, 0.717) is 29.2 Å². The van der Waals surface area contributed by atoms with Crippen LogP contribution >= 0.6 is 15.9 Å². The van der Waals surface area contributed by atoms with Crippen LogP contribution in [0, 0.1) is 0 Å². The van der Waals surface area contributed by atoms with E-state index in [0.717, 1.165) is 3.97 Å². The Bertz CT molecular complexity index is 1800. The maximum absolute atomic E-state index is 13.7. The van der Waals surface area contributed by atoms with Crippen molar-refractivity contribution in [3.8, 4) is 0 Å². The normalized spacial score (nSPS) is 19.5. The van der Waals surface area contributed by atoms with Crippen molar-refractivity contribution in [1.82, 2.24) is 23.4 Å². The number of alkyl carbamates (subject to hydrolysis) is 1. The van der Waals surface area contributed by atoms with Crippen LogP contribution in [-0.4, -0.2) is 63.1 Å². The van der Waals surface area contributed by atoms with Gasteiger partial charge in [0.25, 0.3) is 10.0 Å². The maximum atomic E-state index is 13.7. The molecule has 1 radical (unpaired) electrons. The second kappa shape index (κ2) is 10.2. The third-order valence-corrected chi connectivity index (χ3v) is 8.89. The number of imidazole rings is 1. The van der Waals surface area contributed by atoms with E-state index in [1.54, 1.807) is 39.0 Å². The molecule has 0 aliphatic heterocycles. The molecular weight excluding hydrogens is 569 g/mol. The van der Waals surface area contributed by atoms with Crippen molar-refractivity contribution in [3.63, 3.8) is 0 Å². The Labute approximate surface area is 244 Å². The smallest absolute Gasteiger partial charge is 0.407 e. The van der Waals surface area contributed by atoms with Crippen molar-refractivity contribution in [1.29, 1.82) is 0 Å². The third kappa shape index (κ3) is 4.95. The zero-order valence-electron chi connectivity index (χ0n) is 24.4. The Kier molecular flexibility index (Phi) is 6.60. The fourth-order valence-corrected chi connectivity index (χ4v) is 7.19. The quantitative estimate of drug-likeness (QED) is 0.355. The molecule has 197 valence electrons. The van der Waals surface area contributed by atoms with Gasteiger partial charge in [0.2, 0.25) is 0 Å². The molecule has 3 heterocycles. The van der Waals surface area contributed by atoms with Crippen LogP contribution in [0.4, 0.5) is 4.79 Å². The van der Waals surface area contributed by atoms with Gasteiger partial charge in [-0.2, -0.15) is 0 Å². The van der Waals surface area contributed by atoms with Gasteiger partial charge in [0.1, 0.15) is 10.2 Å². The standard InChI is InChI=1S/C25H28BrN5O5S.Li/c1-25(2,3)36-23(32)28-15-10-11-16(12-15)30-21-18-13-20(26)31(37(34,35)17-8-6-5-7-9-17)22(18)27-14-19(21)29(4)24(30)33;/h5-9,13-16H,10-12H2,1-4H3,(H,28,32);/t15-,16-;/m1./s1/i4D3;. The molecule has 0 unspecified atom stereocenters. The molecule has 4 aromatic rings. The minimum atomic E-state index is -4.08. The average molecular weight is 600 g/mol. The van der Waals surface area contributed by atoms with Gasteiger partial charge in [-0.3, -0.25) is 9.13 Å². The van der Waals surface area contributed by atoms with Gasteiger partial charge in [-0.25, -0.2) is 27.0 Å². The minimum absolute atomic E-state index is 0. The molecule has 1 amide bonds. The van der Waals surface area contributed by atoms with Crippen molar-refractivity contribution in [2.75, 3.05) is 0 Å². The van der Waals surface area contributed by atoms with Gasteiger partial charge >= 0.3 is 11.8 Å². The molecule has 3 aromatic heterocycles. The van der Waals surface area contributed by atoms with Crippen molar-refractivity contribution in [2.45, 2.75) is 62.6 Å². The Morgan fingerprint density at radius 3 is 2.61 bits per heavy atom. The van der Waals surface area contributed by atoms with Crippen LogP contribution in [0.25, 0.3) is 22.1 Å². The van der Waals surface area contributed by atoms with E-state index in [2.05, 4.69) is 26.2 Å². The number of hydrogen-bond donors (Lipinski definition) is 1. The summed E-state index contributed by atoms with van der Waals surface area (Å²) in [6, 6.07) is 8.60. The zero-order valence-corrected chi connectivity index (χ0v) is 23.8. The largest absolute Gasteiger partial charge is 0.444 e. The number of hydrogen-bond acceptors (Lipinski definition) is 6. The number of ether oxygens (including phenoxy) is 1. The average Bonchev–Trinajstić information content (AvgIpc) is 3.50. The molecule has 1 aliphatic rings. The number of fused-ring (bicyclic) bond motifs is 3. The van der Waals surface area contributed by atoms with E-state index >= 15 is 0 Å². The van der Waals surface area contributed by atoms with E-state index in [1.165, 1.54) is 29.0 Å². The van der Waals surface area contributed by atoms with Crippen molar-refractivity contribution in [3.05, 3.63) is 57.7 Å². The summed E-state index contributed by atoms with van der Waals surface area (Å²) < 4.78 is 59.9. The fourth-order valence-electron chi connectivity index (χ4n) is 4.86. The predicted octanol–water partition coefficient (Wildman–Crippen LogP) is 3.93. The van der Waals surface area contributed by atoms with Crippen LogP contribution < -0.4 is 11.0 Å². The Hall–Kier alpha value is -2.52. The molecule has 1 fully saturated rings. The van der Waals surface area contributed by atoms with Gasteiger partial charge in [0.05, 0.1) is 22.1 Å². The number of nitrogens with zero attached hydrogens (tertiary/aromatic N) is 4. The van der Waals surface area contributed by atoms with Gasteiger partial charge in [-0.1, -0.05) is 18.2 Å². The number of aryl methyl sites for hydroxylation is 1. The van der Waals surface area contributed by atoms with Gasteiger partial charge in [-0.15, -0.1) is 0 Å². The van der Waals surface area contributed by atoms with Gasteiger partial charge < -0.3 is 10.1 Å². The van der Waals surface area contributed by atoms with Crippen LogP contribution in [0.3, 0.4) is 0 Å². The summed E-state index contributed by atoms with van der Waals surface area (Å²) in [6.07, 6.45) is 2.02. The first-order valence-electron chi connectivity index (χ1n) is 13.2. The Morgan fingerprint density at radius 1 is 1.24 bits per heavy atom. The summed E-state index contributed by atoms with van der Waals surface area (Å²) in [7, 11) is -4.08. The molecule has 10 nitrogen and oxygen atoms in total. The Balaban J connectivity index is 0.00000387. The summed E-state index contributed by atoms with van der Waals surface area (Å²) in [4.78, 5) is 30.4. The first kappa shape index (κ1) is 24.5. The van der Waals surface area contributed by atoms with Crippen molar-refractivity contribution in [2.24, 2.45) is 6.98 Å². The number of amides is 1. The molecule has 2 atom stereocenters. The second-order valence-electron chi connectivity index (χ2n) is 10.1. The summed E-state index contributed by atoms with van der Waals surface area (Å²) in [5.74, 6) is 0. The Morgan fingerprint density at radius 2 is 1.95 bits per heavy atom. The molecule has 13 heteroatoms. The van der Waals surface area contributed by atoms with E-state index in [9.17, 15) is 18.0 Å². The molecular formula is C25H28BrLiN5O5S. The van der Waals surface area contributed by atoms with E-state index in [4.69, 9.17) is 8.85 Å². The number of halogens is 1. The molecule has 0 bridgehead atoms. The van der Waals surface area contributed by atoms with Gasteiger partial charge in [0, 0.05) is 47.4 Å². The molecule has 1 aliphatic carbocycles. The van der Waals surface area contributed by atoms with Crippen LogP contribution in [-0.2, 0) is 21.7 Å². The maximum Gasteiger partial charge on any atom is 0.407 e.